The van der Waals surface area contributed by atoms with E-state index in [0.29, 0.717) is 30.3 Å². The van der Waals surface area contributed by atoms with Crippen molar-refractivity contribution >= 4 is 17.5 Å². The number of piperidine rings is 1. The molecule has 2 atom stereocenters. The molecule has 3 rings (SSSR count). The number of likely N-dealkylation sites (tertiary alicyclic amines) is 1. The van der Waals surface area contributed by atoms with Crippen LogP contribution in [-0.4, -0.2) is 29.9 Å². The highest BCUT2D eigenvalue weighted by Gasteiger charge is 2.36. The molecule has 1 N–H and O–H groups in total. The number of carbonyl (C=O) groups excluding carboxylic acids is 1. The fourth-order valence-electron chi connectivity index (χ4n) is 3.14. The SMILES string of the molecule is C[C@H]1CN(C(=O)C2CC2)CC[C@@H]1NCc1ccc(Cl)c(F)c1. The number of halogens is 2. The van der Waals surface area contributed by atoms with Gasteiger partial charge in [-0.15, -0.1) is 0 Å². The van der Waals surface area contributed by atoms with E-state index in [0.717, 1.165) is 37.9 Å². The highest BCUT2D eigenvalue weighted by molar-refractivity contribution is 6.30. The lowest BCUT2D eigenvalue weighted by Crippen LogP contribution is -2.50. The summed E-state index contributed by atoms with van der Waals surface area (Å²) >= 11 is 5.70. The van der Waals surface area contributed by atoms with Crippen LogP contribution in [0.1, 0.15) is 31.7 Å². The van der Waals surface area contributed by atoms with Gasteiger partial charge in [0, 0.05) is 31.6 Å². The molecule has 1 saturated carbocycles. The molecule has 1 aliphatic carbocycles. The first-order valence-electron chi connectivity index (χ1n) is 8.00. The quantitative estimate of drug-likeness (QED) is 0.922. The Labute approximate surface area is 135 Å². The molecule has 1 aromatic carbocycles. The summed E-state index contributed by atoms with van der Waals surface area (Å²) in [6, 6.07) is 5.27. The van der Waals surface area contributed by atoms with Gasteiger partial charge in [-0.25, -0.2) is 4.39 Å². The Morgan fingerprint density at radius 2 is 2.18 bits per heavy atom. The standard InChI is InChI=1S/C17H22ClFN2O/c1-11-10-21(17(22)13-3-4-13)7-6-16(11)20-9-12-2-5-14(18)15(19)8-12/h2,5,8,11,13,16,20H,3-4,6-7,9-10H2,1H3/t11-,16-/m0/s1. The number of hydrogen-bond donors (Lipinski definition) is 1. The van der Waals surface area contributed by atoms with Crippen LogP contribution in [0.25, 0.3) is 0 Å². The summed E-state index contributed by atoms with van der Waals surface area (Å²) in [5.41, 5.74) is 0.894. The lowest BCUT2D eigenvalue weighted by molar-refractivity contribution is -0.134. The van der Waals surface area contributed by atoms with Crippen molar-refractivity contribution in [2.75, 3.05) is 13.1 Å². The van der Waals surface area contributed by atoms with Gasteiger partial charge in [0.25, 0.3) is 0 Å². The Morgan fingerprint density at radius 3 is 2.82 bits per heavy atom. The van der Waals surface area contributed by atoms with Crippen LogP contribution in [-0.2, 0) is 11.3 Å². The van der Waals surface area contributed by atoms with Gasteiger partial charge in [-0.3, -0.25) is 4.79 Å². The summed E-state index contributed by atoms with van der Waals surface area (Å²) < 4.78 is 13.4. The molecule has 1 amide bonds. The molecule has 22 heavy (non-hydrogen) atoms. The van der Waals surface area contributed by atoms with E-state index < -0.39 is 0 Å². The van der Waals surface area contributed by atoms with E-state index in [-0.39, 0.29) is 10.8 Å². The minimum atomic E-state index is -0.376. The predicted octanol–water partition coefficient (Wildman–Crippen LogP) is 3.22. The van der Waals surface area contributed by atoms with Crippen molar-refractivity contribution in [1.29, 1.82) is 0 Å². The third kappa shape index (κ3) is 3.61. The van der Waals surface area contributed by atoms with Gasteiger partial charge in [-0.2, -0.15) is 0 Å². The summed E-state index contributed by atoms with van der Waals surface area (Å²) in [6.45, 7) is 4.44. The zero-order valence-electron chi connectivity index (χ0n) is 12.8. The molecule has 1 aliphatic heterocycles. The number of hydrogen-bond acceptors (Lipinski definition) is 2. The van der Waals surface area contributed by atoms with E-state index >= 15 is 0 Å². The molecule has 1 aromatic rings. The molecule has 0 aromatic heterocycles. The second-order valence-corrected chi connectivity index (χ2v) is 6.97. The molecule has 0 radical (unpaired) electrons. The van der Waals surface area contributed by atoms with E-state index in [1.165, 1.54) is 6.07 Å². The van der Waals surface area contributed by atoms with E-state index in [9.17, 15) is 9.18 Å². The molecule has 0 unspecified atom stereocenters. The minimum absolute atomic E-state index is 0.156. The van der Waals surface area contributed by atoms with Crippen LogP contribution >= 0.6 is 11.6 Å². The Morgan fingerprint density at radius 1 is 1.41 bits per heavy atom. The van der Waals surface area contributed by atoms with Gasteiger partial charge in [-0.05, 0) is 42.9 Å². The molecule has 1 saturated heterocycles. The van der Waals surface area contributed by atoms with Gasteiger partial charge in [0.15, 0.2) is 0 Å². The summed E-state index contributed by atoms with van der Waals surface area (Å²) in [7, 11) is 0. The first kappa shape index (κ1) is 15.8. The fourth-order valence-corrected chi connectivity index (χ4v) is 3.25. The summed E-state index contributed by atoms with van der Waals surface area (Å²) in [5, 5.41) is 3.65. The van der Waals surface area contributed by atoms with Crippen molar-refractivity contribution in [3.05, 3.63) is 34.6 Å². The highest BCUT2D eigenvalue weighted by Crippen LogP contribution is 2.32. The average Bonchev–Trinajstić information content (AvgIpc) is 3.33. The Kier molecular flexibility index (Phi) is 4.69. The summed E-state index contributed by atoms with van der Waals surface area (Å²) in [5.74, 6) is 0.672. The van der Waals surface area contributed by atoms with E-state index in [1.54, 1.807) is 6.07 Å². The number of nitrogens with zero attached hydrogens (tertiary/aromatic N) is 1. The van der Waals surface area contributed by atoms with Crippen molar-refractivity contribution in [3.63, 3.8) is 0 Å². The van der Waals surface area contributed by atoms with Crippen molar-refractivity contribution in [1.82, 2.24) is 10.2 Å². The number of amides is 1. The maximum Gasteiger partial charge on any atom is 0.225 e. The van der Waals surface area contributed by atoms with Crippen molar-refractivity contribution < 1.29 is 9.18 Å². The summed E-state index contributed by atoms with van der Waals surface area (Å²) in [6.07, 6.45) is 3.08. The van der Waals surface area contributed by atoms with Gasteiger partial charge in [-0.1, -0.05) is 24.6 Å². The van der Waals surface area contributed by atoms with Gasteiger partial charge in [0.1, 0.15) is 5.82 Å². The lowest BCUT2D eigenvalue weighted by atomic mass is 9.93. The van der Waals surface area contributed by atoms with Crippen LogP contribution in [0.2, 0.25) is 5.02 Å². The Bertz CT molecular complexity index is 562. The predicted molar refractivity (Wildman–Crippen MR) is 85.1 cm³/mol. The zero-order chi connectivity index (χ0) is 15.7. The maximum atomic E-state index is 13.4. The highest BCUT2D eigenvalue weighted by atomic mass is 35.5. The van der Waals surface area contributed by atoms with Crippen LogP contribution in [0.15, 0.2) is 18.2 Å². The van der Waals surface area contributed by atoms with E-state index in [2.05, 4.69) is 12.2 Å². The molecule has 120 valence electrons. The third-order valence-electron chi connectivity index (χ3n) is 4.70. The van der Waals surface area contributed by atoms with Gasteiger partial charge in [0.2, 0.25) is 5.91 Å². The Hall–Kier alpha value is -1.13. The largest absolute Gasteiger partial charge is 0.342 e. The third-order valence-corrected chi connectivity index (χ3v) is 5.00. The molecule has 3 nitrogen and oxygen atoms in total. The average molecular weight is 325 g/mol. The molecule has 5 heteroatoms. The molecule has 1 heterocycles. The molecular formula is C17H22ClFN2O. The van der Waals surface area contributed by atoms with Crippen molar-refractivity contribution in [2.24, 2.45) is 11.8 Å². The van der Waals surface area contributed by atoms with Gasteiger partial charge >= 0.3 is 0 Å². The molecule has 2 aliphatic rings. The minimum Gasteiger partial charge on any atom is -0.342 e. The number of carbonyl (C=O) groups is 1. The number of benzene rings is 1. The van der Waals surface area contributed by atoms with Crippen LogP contribution in [0.4, 0.5) is 4.39 Å². The van der Waals surface area contributed by atoms with Crippen LogP contribution in [0.5, 0.6) is 0 Å². The summed E-state index contributed by atoms with van der Waals surface area (Å²) in [4.78, 5) is 14.1. The maximum absolute atomic E-state index is 13.4. The van der Waals surface area contributed by atoms with Gasteiger partial charge in [0.05, 0.1) is 5.02 Å². The molecular weight excluding hydrogens is 303 g/mol. The van der Waals surface area contributed by atoms with E-state index in [1.807, 2.05) is 11.0 Å². The smallest absolute Gasteiger partial charge is 0.225 e. The molecule has 2 fully saturated rings. The van der Waals surface area contributed by atoms with Crippen LogP contribution in [0.3, 0.4) is 0 Å². The zero-order valence-corrected chi connectivity index (χ0v) is 13.6. The monoisotopic (exact) mass is 324 g/mol. The normalized spacial score (nSPS) is 25.3. The first-order chi connectivity index (χ1) is 10.5. The number of rotatable bonds is 4. The Balaban J connectivity index is 1.51. The first-order valence-corrected chi connectivity index (χ1v) is 8.38. The van der Waals surface area contributed by atoms with E-state index in [4.69, 9.17) is 11.6 Å². The lowest BCUT2D eigenvalue weighted by Gasteiger charge is -2.37. The van der Waals surface area contributed by atoms with Crippen molar-refractivity contribution in [2.45, 2.75) is 38.8 Å². The second kappa shape index (κ2) is 6.55. The second-order valence-electron chi connectivity index (χ2n) is 6.56. The van der Waals surface area contributed by atoms with Crippen LogP contribution < -0.4 is 5.32 Å². The molecule has 0 spiro atoms. The fraction of sp³-hybridized carbons (Fsp3) is 0.588. The van der Waals surface area contributed by atoms with Crippen LogP contribution in [0, 0.1) is 17.7 Å². The van der Waals surface area contributed by atoms with Crippen molar-refractivity contribution in [3.8, 4) is 0 Å². The number of nitrogens with one attached hydrogen (secondary N) is 1. The van der Waals surface area contributed by atoms with Gasteiger partial charge < -0.3 is 10.2 Å². The molecule has 0 bridgehead atoms. The topological polar surface area (TPSA) is 32.3 Å².